The lowest BCUT2D eigenvalue weighted by Crippen LogP contribution is -2.39. The summed E-state index contributed by atoms with van der Waals surface area (Å²) in [5.74, 6) is -0.190. The predicted molar refractivity (Wildman–Crippen MR) is 130 cm³/mol. The number of nitrogens with zero attached hydrogens (tertiary/aromatic N) is 4. The summed E-state index contributed by atoms with van der Waals surface area (Å²) in [6, 6.07) is 8.73. The number of aromatic nitrogens is 5. The summed E-state index contributed by atoms with van der Waals surface area (Å²) >= 11 is 0. The quantitative estimate of drug-likeness (QED) is 0.335. The molecule has 8 nitrogen and oxygen atoms in total. The molecule has 1 aromatic carbocycles. The van der Waals surface area contributed by atoms with Crippen molar-refractivity contribution in [2.75, 3.05) is 0 Å². The number of rotatable bonds is 7. The number of hydrogen-bond donors (Lipinski definition) is 3. The van der Waals surface area contributed by atoms with Gasteiger partial charge in [-0.25, -0.2) is 9.97 Å². The van der Waals surface area contributed by atoms with Crippen LogP contribution in [-0.2, 0) is 12.7 Å². The van der Waals surface area contributed by atoms with Gasteiger partial charge in [0.15, 0.2) is 5.69 Å². The second-order valence-electron chi connectivity index (χ2n) is 9.16. The maximum absolute atomic E-state index is 14.2. The highest BCUT2D eigenvalue weighted by Crippen LogP contribution is 2.44. The van der Waals surface area contributed by atoms with E-state index in [1.807, 2.05) is 0 Å². The average Bonchev–Trinajstić information content (AvgIpc) is 3.46. The van der Waals surface area contributed by atoms with Gasteiger partial charge in [-0.05, 0) is 49.9 Å². The number of carbonyl (C=O) groups excluding carboxylic acids is 1. The third-order valence-electron chi connectivity index (χ3n) is 6.41. The van der Waals surface area contributed by atoms with Crippen molar-refractivity contribution in [1.29, 1.82) is 0 Å². The number of aromatic amines is 1. The summed E-state index contributed by atoms with van der Waals surface area (Å²) in [5.41, 5.74) is 1.51. The molecule has 1 aliphatic carbocycles. The Hall–Kier alpha value is -3.99. The van der Waals surface area contributed by atoms with Gasteiger partial charge in [0.25, 0.3) is 5.91 Å². The van der Waals surface area contributed by atoms with Gasteiger partial charge in [0.05, 0.1) is 30.2 Å². The second-order valence-corrected chi connectivity index (χ2v) is 9.16. The number of nitrogens with one attached hydrogen (secondary N) is 2. The fraction of sp³-hybridized carbons (Fsp3) is 0.308. The van der Waals surface area contributed by atoms with Gasteiger partial charge in [0.2, 0.25) is 0 Å². The van der Waals surface area contributed by atoms with Crippen LogP contribution in [0.4, 0.5) is 13.2 Å². The van der Waals surface area contributed by atoms with Crippen LogP contribution in [0.5, 0.6) is 0 Å². The number of benzene rings is 1. The molecule has 0 radical (unpaired) electrons. The van der Waals surface area contributed by atoms with Crippen LogP contribution in [0.3, 0.4) is 0 Å². The molecule has 1 aliphatic rings. The van der Waals surface area contributed by atoms with Gasteiger partial charge in [-0.3, -0.25) is 9.48 Å². The summed E-state index contributed by atoms with van der Waals surface area (Å²) in [5, 5.41) is 16.7. The maximum atomic E-state index is 14.2. The highest BCUT2D eigenvalue weighted by molar-refractivity contribution is 5.98. The molecule has 37 heavy (non-hydrogen) atoms. The van der Waals surface area contributed by atoms with Crippen LogP contribution in [0, 0.1) is 0 Å². The minimum absolute atomic E-state index is 0.169. The first-order valence-corrected chi connectivity index (χ1v) is 11.9. The number of amides is 1. The minimum Gasteiger partial charge on any atom is -0.391 e. The third-order valence-corrected chi connectivity index (χ3v) is 6.41. The zero-order valence-corrected chi connectivity index (χ0v) is 20.0. The van der Waals surface area contributed by atoms with E-state index in [2.05, 4.69) is 25.4 Å². The molecular formula is C26H25F3N6O2. The van der Waals surface area contributed by atoms with E-state index in [4.69, 9.17) is 0 Å². The van der Waals surface area contributed by atoms with Crippen molar-refractivity contribution >= 4 is 5.91 Å². The molecule has 0 unspecified atom stereocenters. The Labute approximate surface area is 210 Å². The van der Waals surface area contributed by atoms with Gasteiger partial charge < -0.3 is 15.4 Å². The normalized spacial score (nSPS) is 14.8. The van der Waals surface area contributed by atoms with E-state index < -0.39 is 18.0 Å². The number of carbonyl (C=O) groups is 1. The molecule has 0 bridgehead atoms. The molecule has 1 saturated carbocycles. The topological polar surface area (TPSA) is 109 Å². The molecule has 1 atom stereocenters. The van der Waals surface area contributed by atoms with Crippen molar-refractivity contribution in [3.8, 4) is 33.6 Å². The van der Waals surface area contributed by atoms with Gasteiger partial charge in [-0.2, -0.15) is 18.3 Å². The van der Waals surface area contributed by atoms with Crippen molar-refractivity contribution < 1.29 is 23.1 Å². The first-order chi connectivity index (χ1) is 17.7. The van der Waals surface area contributed by atoms with Crippen molar-refractivity contribution in [2.45, 2.75) is 51.1 Å². The number of alkyl halides is 3. The Morgan fingerprint density at radius 3 is 2.73 bits per heavy atom. The van der Waals surface area contributed by atoms with Crippen molar-refractivity contribution in [3.63, 3.8) is 0 Å². The van der Waals surface area contributed by atoms with Gasteiger partial charge in [0.1, 0.15) is 6.33 Å². The number of H-pyrrole nitrogens is 1. The molecule has 0 saturated heterocycles. The molecule has 11 heteroatoms. The lowest BCUT2D eigenvalue weighted by molar-refractivity contribution is -0.144. The van der Waals surface area contributed by atoms with Gasteiger partial charge >= 0.3 is 6.18 Å². The number of halogens is 3. The van der Waals surface area contributed by atoms with Crippen LogP contribution >= 0.6 is 0 Å². The summed E-state index contributed by atoms with van der Waals surface area (Å²) < 4.78 is 43.3. The third kappa shape index (κ3) is 4.99. The SMILES string of the molecule is C[C@@H](O)Cn1ncc(-c2[nH]cc(-c3cccc(C(=O)NC4CCC4)c3)c2-c2ccncn2)c1C(F)(F)F. The second kappa shape index (κ2) is 9.81. The largest absolute Gasteiger partial charge is 0.433 e. The zero-order chi connectivity index (χ0) is 26.2. The molecule has 3 aromatic heterocycles. The monoisotopic (exact) mass is 510 g/mol. The van der Waals surface area contributed by atoms with Crippen molar-refractivity contribution in [1.82, 2.24) is 30.0 Å². The fourth-order valence-corrected chi connectivity index (χ4v) is 4.47. The van der Waals surface area contributed by atoms with Crippen LogP contribution < -0.4 is 5.32 Å². The lowest BCUT2D eigenvalue weighted by Gasteiger charge is -2.26. The van der Waals surface area contributed by atoms with Crippen molar-refractivity contribution in [2.24, 2.45) is 0 Å². The van der Waals surface area contributed by atoms with E-state index in [-0.39, 0.29) is 29.8 Å². The van der Waals surface area contributed by atoms with E-state index in [0.29, 0.717) is 27.9 Å². The van der Waals surface area contributed by atoms with Crippen LogP contribution in [-0.4, -0.2) is 47.9 Å². The molecule has 4 aromatic rings. The van der Waals surface area contributed by atoms with Gasteiger partial charge in [-0.1, -0.05) is 12.1 Å². The standard InChI is InChI=1S/C26H25F3N6O2/c1-15(36)13-35-24(26(27,28)29)20(12-33-35)23-22(21-8-9-30-14-32-21)19(11-31-23)16-4-2-5-17(10-16)25(37)34-18-6-3-7-18/h2,4-5,8-12,14-15,18,31,36H,3,6-7,13H2,1H3,(H,34,37)/t15-/m1/s1. The number of hydrogen-bond acceptors (Lipinski definition) is 5. The smallest absolute Gasteiger partial charge is 0.391 e. The summed E-state index contributed by atoms with van der Waals surface area (Å²) in [4.78, 5) is 24.0. The van der Waals surface area contributed by atoms with Gasteiger partial charge in [-0.15, -0.1) is 0 Å². The van der Waals surface area contributed by atoms with E-state index in [9.17, 15) is 23.1 Å². The Morgan fingerprint density at radius 1 is 1.27 bits per heavy atom. The average molecular weight is 511 g/mol. The highest BCUT2D eigenvalue weighted by atomic mass is 19.4. The maximum Gasteiger partial charge on any atom is 0.433 e. The highest BCUT2D eigenvalue weighted by Gasteiger charge is 2.40. The molecule has 192 valence electrons. The summed E-state index contributed by atoms with van der Waals surface area (Å²) in [6.07, 6.45) is 2.80. The molecule has 0 spiro atoms. The van der Waals surface area contributed by atoms with Crippen LogP contribution in [0.2, 0.25) is 0 Å². The fourth-order valence-electron chi connectivity index (χ4n) is 4.47. The molecule has 0 aliphatic heterocycles. The Morgan fingerprint density at radius 2 is 2.08 bits per heavy atom. The first-order valence-electron chi connectivity index (χ1n) is 11.9. The molecule has 1 amide bonds. The van der Waals surface area contributed by atoms with Crippen LogP contribution in [0.15, 0.2) is 55.2 Å². The van der Waals surface area contributed by atoms with E-state index in [0.717, 1.165) is 30.1 Å². The molecule has 3 N–H and O–H groups in total. The molecule has 3 heterocycles. The zero-order valence-electron chi connectivity index (χ0n) is 20.0. The molecule has 5 rings (SSSR count). The molecular weight excluding hydrogens is 485 g/mol. The number of aliphatic hydroxyl groups is 1. The molecule has 1 fully saturated rings. The summed E-state index contributed by atoms with van der Waals surface area (Å²) in [7, 11) is 0. The van der Waals surface area contributed by atoms with Crippen LogP contribution in [0.1, 0.15) is 42.2 Å². The lowest BCUT2D eigenvalue weighted by atomic mass is 9.92. The van der Waals surface area contributed by atoms with E-state index in [1.165, 1.54) is 19.4 Å². The minimum atomic E-state index is -4.73. The summed E-state index contributed by atoms with van der Waals surface area (Å²) in [6.45, 7) is 1.08. The van der Waals surface area contributed by atoms with E-state index >= 15 is 0 Å². The van der Waals surface area contributed by atoms with E-state index in [1.54, 1.807) is 36.5 Å². The van der Waals surface area contributed by atoms with Gasteiger partial charge in [0, 0.05) is 40.7 Å². The number of aliphatic hydroxyl groups excluding tert-OH is 1. The Kier molecular flexibility index (Phi) is 6.55. The predicted octanol–water partition coefficient (Wildman–Crippen LogP) is 4.68. The van der Waals surface area contributed by atoms with Crippen LogP contribution in [0.25, 0.3) is 33.6 Å². The Bertz CT molecular complexity index is 1410. The Balaban J connectivity index is 1.64. The first kappa shape index (κ1) is 24.7. The van der Waals surface area contributed by atoms with Crippen molar-refractivity contribution in [3.05, 3.63) is 66.5 Å².